The van der Waals surface area contributed by atoms with Crippen LogP contribution in [0.25, 0.3) is 0 Å². The highest BCUT2D eigenvalue weighted by Gasteiger charge is 2.20. The summed E-state index contributed by atoms with van der Waals surface area (Å²) in [7, 11) is 0. The minimum absolute atomic E-state index is 0.0996. The molecule has 1 aliphatic heterocycles. The summed E-state index contributed by atoms with van der Waals surface area (Å²) in [6.45, 7) is 4.54. The van der Waals surface area contributed by atoms with Gasteiger partial charge in [-0.15, -0.1) is 0 Å². The standard InChI is InChI=1S/C21H24ClFN2O/c1-2-25(14-18-19(22)9-4-10-20(18)23)21(26)16-7-3-6-15(12-16)17-8-5-11-24-13-17/h3-4,6-7,9-10,12,17,24H,2,5,8,11,13-14H2,1H3/t17-/m0/s1. The largest absolute Gasteiger partial charge is 0.334 e. The van der Waals surface area contributed by atoms with E-state index in [0.29, 0.717) is 28.6 Å². The van der Waals surface area contributed by atoms with Crippen LogP contribution in [0.3, 0.4) is 0 Å². The third-order valence-corrected chi connectivity index (χ3v) is 5.34. The van der Waals surface area contributed by atoms with E-state index in [-0.39, 0.29) is 18.3 Å². The monoisotopic (exact) mass is 374 g/mol. The van der Waals surface area contributed by atoms with E-state index in [9.17, 15) is 9.18 Å². The fourth-order valence-electron chi connectivity index (χ4n) is 3.45. The van der Waals surface area contributed by atoms with Gasteiger partial charge in [-0.05, 0) is 62.1 Å². The number of carbonyl (C=O) groups excluding carboxylic acids is 1. The molecule has 1 saturated heterocycles. The second kappa shape index (κ2) is 8.65. The van der Waals surface area contributed by atoms with Gasteiger partial charge in [0.15, 0.2) is 0 Å². The summed E-state index contributed by atoms with van der Waals surface area (Å²) in [5.41, 5.74) is 2.18. The molecule has 26 heavy (non-hydrogen) atoms. The Morgan fingerprint density at radius 1 is 1.31 bits per heavy atom. The van der Waals surface area contributed by atoms with Gasteiger partial charge in [-0.2, -0.15) is 0 Å². The van der Waals surface area contributed by atoms with Crippen molar-refractivity contribution in [3.63, 3.8) is 0 Å². The van der Waals surface area contributed by atoms with Crippen LogP contribution >= 0.6 is 11.6 Å². The molecular formula is C21H24ClFN2O. The van der Waals surface area contributed by atoms with E-state index < -0.39 is 0 Å². The zero-order valence-corrected chi connectivity index (χ0v) is 15.7. The van der Waals surface area contributed by atoms with E-state index in [2.05, 4.69) is 11.4 Å². The molecule has 0 radical (unpaired) electrons. The summed E-state index contributed by atoms with van der Waals surface area (Å²) in [5, 5.41) is 3.76. The van der Waals surface area contributed by atoms with Crippen molar-refractivity contribution in [2.24, 2.45) is 0 Å². The normalized spacial score (nSPS) is 17.1. The molecule has 0 aliphatic carbocycles. The van der Waals surface area contributed by atoms with Crippen LogP contribution in [0.1, 0.15) is 47.2 Å². The second-order valence-electron chi connectivity index (χ2n) is 6.69. The molecule has 1 heterocycles. The fourth-order valence-corrected chi connectivity index (χ4v) is 3.67. The van der Waals surface area contributed by atoms with Crippen molar-refractivity contribution in [3.8, 4) is 0 Å². The minimum Gasteiger partial charge on any atom is -0.334 e. The fraction of sp³-hybridized carbons (Fsp3) is 0.381. The number of benzene rings is 2. The highest BCUT2D eigenvalue weighted by atomic mass is 35.5. The smallest absolute Gasteiger partial charge is 0.254 e. The van der Waals surface area contributed by atoms with Gasteiger partial charge in [-0.3, -0.25) is 4.79 Å². The third-order valence-electron chi connectivity index (χ3n) is 4.98. The highest BCUT2D eigenvalue weighted by molar-refractivity contribution is 6.31. The first kappa shape index (κ1) is 18.9. The number of nitrogens with zero attached hydrogens (tertiary/aromatic N) is 1. The zero-order chi connectivity index (χ0) is 18.5. The van der Waals surface area contributed by atoms with Crippen molar-refractivity contribution >= 4 is 17.5 Å². The Balaban J connectivity index is 1.80. The second-order valence-corrected chi connectivity index (χ2v) is 7.10. The van der Waals surface area contributed by atoms with Crippen LogP contribution in [0, 0.1) is 5.82 Å². The SMILES string of the molecule is CCN(Cc1c(F)cccc1Cl)C(=O)c1cccc([C@H]2CCCNC2)c1. The number of hydrogen-bond acceptors (Lipinski definition) is 2. The summed E-state index contributed by atoms with van der Waals surface area (Å²) >= 11 is 6.12. The van der Waals surface area contributed by atoms with E-state index in [1.54, 1.807) is 17.0 Å². The molecule has 138 valence electrons. The van der Waals surface area contributed by atoms with Crippen molar-refractivity contribution < 1.29 is 9.18 Å². The maximum Gasteiger partial charge on any atom is 0.254 e. The molecule has 0 aromatic heterocycles. The molecule has 0 spiro atoms. The number of piperidine rings is 1. The Morgan fingerprint density at radius 2 is 2.12 bits per heavy atom. The Labute approximate surface area is 159 Å². The Hall–Kier alpha value is -1.91. The van der Waals surface area contributed by atoms with Crippen molar-refractivity contribution in [1.82, 2.24) is 10.2 Å². The summed E-state index contributed by atoms with van der Waals surface area (Å²) in [4.78, 5) is 14.6. The average Bonchev–Trinajstić information content (AvgIpc) is 2.68. The molecule has 1 amide bonds. The third kappa shape index (κ3) is 4.25. The van der Waals surface area contributed by atoms with Crippen LogP contribution < -0.4 is 5.32 Å². The first-order valence-corrected chi connectivity index (χ1v) is 9.50. The molecule has 3 nitrogen and oxygen atoms in total. The van der Waals surface area contributed by atoms with Gasteiger partial charge in [-0.25, -0.2) is 4.39 Å². The van der Waals surface area contributed by atoms with Crippen LogP contribution in [0.15, 0.2) is 42.5 Å². The number of carbonyl (C=O) groups is 1. The number of nitrogens with one attached hydrogen (secondary N) is 1. The summed E-state index contributed by atoms with van der Waals surface area (Å²) in [6.07, 6.45) is 2.28. The van der Waals surface area contributed by atoms with Crippen LogP contribution in [0.2, 0.25) is 5.02 Å². The maximum atomic E-state index is 14.1. The predicted molar refractivity (Wildman–Crippen MR) is 103 cm³/mol. The first-order valence-electron chi connectivity index (χ1n) is 9.13. The van der Waals surface area contributed by atoms with Crippen molar-refractivity contribution in [2.45, 2.75) is 32.2 Å². The topological polar surface area (TPSA) is 32.3 Å². The van der Waals surface area contributed by atoms with E-state index in [4.69, 9.17) is 11.6 Å². The Kier molecular flexibility index (Phi) is 6.28. The van der Waals surface area contributed by atoms with Gasteiger partial charge in [0, 0.05) is 29.2 Å². The quantitative estimate of drug-likeness (QED) is 0.828. The molecule has 0 unspecified atom stereocenters. The van der Waals surface area contributed by atoms with Gasteiger partial charge in [0.05, 0.1) is 6.54 Å². The zero-order valence-electron chi connectivity index (χ0n) is 15.0. The van der Waals surface area contributed by atoms with Gasteiger partial charge in [0.25, 0.3) is 5.91 Å². The minimum atomic E-state index is -0.384. The number of amides is 1. The molecule has 2 aromatic rings. The lowest BCUT2D eigenvalue weighted by Gasteiger charge is -2.25. The van der Waals surface area contributed by atoms with Gasteiger partial charge in [-0.1, -0.05) is 29.8 Å². The van der Waals surface area contributed by atoms with Crippen LogP contribution in [-0.4, -0.2) is 30.4 Å². The molecule has 3 rings (SSSR count). The first-order chi connectivity index (χ1) is 12.6. The van der Waals surface area contributed by atoms with Gasteiger partial charge in [0.1, 0.15) is 5.82 Å². The average molecular weight is 375 g/mol. The van der Waals surface area contributed by atoms with E-state index in [1.807, 2.05) is 25.1 Å². The molecule has 2 aromatic carbocycles. The Bertz CT molecular complexity index is 754. The molecule has 0 bridgehead atoms. The van der Waals surface area contributed by atoms with Crippen molar-refractivity contribution in [3.05, 3.63) is 70.0 Å². The van der Waals surface area contributed by atoms with E-state index in [1.165, 1.54) is 11.6 Å². The number of hydrogen-bond donors (Lipinski definition) is 1. The lowest BCUT2D eigenvalue weighted by molar-refractivity contribution is 0.0751. The predicted octanol–water partition coefficient (Wildman–Crippen LogP) is 4.61. The molecule has 0 saturated carbocycles. The van der Waals surface area contributed by atoms with Crippen LogP contribution in [-0.2, 0) is 6.54 Å². The van der Waals surface area contributed by atoms with Gasteiger partial charge in [0.2, 0.25) is 0 Å². The molecule has 1 aliphatic rings. The number of rotatable bonds is 5. The Morgan fingerprint density at radius 3 is 2.81 bits per heavy atom. The summed E-state index contributed by atoms with van der Waals surface area (Å²) in [5.74, 6) is -0.0455. The van der Waals surface area contributed by atoms with Gasteiger partial charge >= 0.3 is 0 Å². The molecule has 1 atom stereocenters. The summed E-state index contributed by atoms with van der Waals surface area (Å²) in [6, 6.07) is 12.4. The summed E-state index contributed by atoms with van der Waals surface area (Å²) < 4.78 is 14.1. The van der Waals surface area contributed by atoms with Crippen molar-refractivity contribution in [1.29, 1.82) is 0 Å². The lowest BCUT2D eigenvalue weighted by atomic mass is 9.90. The van der Waals surface area contributed by atoms with Gasteiger partial charge < -0.3 is 10.2 Å². The highest BCUT2D eigenvalue weighted by Crippen LogP contribution is 2.25. The molecular weight excluding hydrogens is 351 g/mol. The van der Waals surface area contributed by atoms with Crippen LogP contribution in [0.4, 0.5) is 4.39 Å². The molecule has 1 fully saturated rings. The maximum absolute atomic E-state index is 14.1. The lowest BCUT2D eigenvalue weighted by Crippen LogP contribution is -2.31. The van der Waals surface area contributed by atoms with Crippen LogP contribution in [0.5, 0.6) is 0 Å². The van der Waals surface area contributed by atoms with E-state index in [0.717, 1.165) is 25.9 Å². The van der Waals surface area contributed by atoms with E-state index >= 15 is 0 Å². The molecule has 5 heteroatoms. The number of halogens is 2. The molecule has 1 N–H and O–H groups in total. The van der Waals surface area contributed by atoms with Crippen molar-refractivity contribution in [2.75, 3.05) is 19.6 Å².